The molecule has 2 aromatic rings. The summed E-state index contributed by atoms with van der Waals surface area (Å²) in [6.45, 7) is 0. The maximum absolute atomic E-state index is 12.7. The topological polar surface area (TPSA) is 36.4 Å². The number of aliphatic imine (C=N–C) groups is 1. The van der Waals surface area contributed by atoms with Crippen LogP contribution < -0.4 is 10.9 Å². The van der Waals surface area contributed by atoms with Crippen LogP contribution in [0.4, 0.5) is 10.1 Å². The fraction of sp³-hybridized carbons (Fsp3) is 0. The molecule has 0 spiro atoms. The molecule has 3 nitrogen and oxygen atoms in total. The third-order valence-corrected chi connectivity index (χ3v) is 2.50. The zero-order valence-electron chi connectivity index (χ0n) is 10.0. The van der Waals surface area contributed by atoms with Crippen LogP contribution in [-0.4, -0.2) is 11.3 Å². The van der Waals surface area contributed by atoms with Crippen molar-refractivity contribution in [3.05, 3.63) is 66.0 Å². The number of thiocarbonyl (C=S) groups is 1. The molecule has 0 atom stereocenters. The van der Waals surface area contributed by atoms with Crippen molar-refractivity contribution in [2.45, 2.75) is 0 Å². The first-order valence-electron chi connectivity index (χ1n) is 5.65. The van der Waals surface area contributed by atoms with Crippen LogP contribution in [0.15, 0.2) is 59.6 Å². The van der Waals surface area contributed by atoms with E-state index in [1.807, 2.05) is 30.3 Å². The Balaban J connectivity index is 1.86. The fourth-order valence-corrected chi connectivity index (χ4v) is 1.47. The van der Waals surface area contributed by atoms with Gasteiger partial charge >= 0.3 is 0 Å². The van der Waals surface area contributed by atoms with Crippen LogP contribution in [0.3, 0.4) is 0 Å². The van der Waals surface area contributed by atoms with E-state index in [4.69, 9.17) is 12.2 Å². The molecule has 0 amide bonds. The number of nitrogens with zero attached hydrogens (tertiary/aromatic N) is 1. The Labute approximate surface area is 116 Å². The Bertz CT molecular complexity index is 567. The van der Waals surface area contributed by atoms with Gasteiger partial charge in [-0.1, -0.05) is 30.3 Å². The summed E-state index contributed by atoms with van der Waals surface area (Å²) in [6.07, 6.45) is 1.57. The molecule has 0 aliphatic carbocycles. The second kappa shape index (κ2) is 6.61. The van der Waals surface area contributed by atoms with E-state index < -0.39 is 0 Å². The van der Waals surface area contributed by atoms with Crippen molar-refractivity contribution in [3.8, 4) is 0 Å². The largest absolute Gasteiger partial charge is 0.299 e. The van der Waals surface area contributed by atoms with E-state index in [1.54, 1.807) is 18.3 Å². The van der Waals surface area contributed by atoms with Gasteiger partial charge in [-0.3, -0.25) is 10.9 Å². The van der Waals surface area contributed by atoms with Gasteiger partial charge in [0.15, 0.2) is 0 Å². The number of para-hydroxylation sites is 1. The molecule has 19 heavy (non-hydrogen) atoms. The van der Waals surface area contributed by atoms with Gasteiger partial charge in [0, 0.05) is 6.21 Å². The molecule has 2 aromatic carbocycles. The van der Waals surface area contributed by atoms with Crippen LogP contribution in [0.25, 0.3) is 0 Å². The first-order chi connectivity index (χ1) is 9.24. The summed E-state index contributed by atoms with van der Waals surface area (Å²) < 4.78 is 12.7. The van der Waals surface area contributed by atoms with Crippen molar-refractivity contribution in [1.29, 1.82) is 0 Å². The van der Waals surface area contributed by atoms with E-state index in [0.29, 0.717) is 5.11 Å². The van der Waals surface area contributed by atoms with Crippen molar-refractivity contribution in [1.82, 2.24) is 5.43 Å². The zero-order chi connectivity index (χ0) is 13.5. The van der Waals surface area contributed by atoms with E-state index in [2.05, 4.69) is 15.8 Å². The van der Waals surface area contributed by atoms with Gasteiger partial charge in [-0.05, 0) is 42.0 Å². The molecule has 0 aliphatic heterocycles. The monoisotopic (exact) mass is 273 g/mol. The van der Waals surface area contributed by atoms with Gasteiger partial charge in [-0.15, -0.1) is 0 Å². The van der Waals surface area contributed by atoms with E-state index >= 15 is 0 Å². The first-order valence-corrected chi connectivity index (χ1v) is 6.05. The quantitative estimate of drug-likeness (QED) is 0.512. The predicted molar refractivity (Wildman–Crippen MR) is 79.8 cm³/mol. The van der Waals surface area contributed by atoms with Gasteiger partial charge in [0.1, 0.15) is 5.82 Å². The Hall–Kier alpha value is -2.27. The number of anilines is 1. The van der Waals surface area contributed by atoms with Gasteiger partial charge < -0.3 is 0 Å². The van der Waals surface area contributed by atoms with Gasteiger partial charge in [-0.2, -0.15) is 0 Å². The first kappa shape index (κ1) is 13.2. The van der Waals surface area contributed by atoms with Crippen molar-refractivity contribution in [2.75, 3.05) is 5.43 Å². The van der Waals surface area contributed by atoms with Crippen molar-refractivity contribution in [3.63, 3.8) is 0 Å². The Morgan fingerprint density at radius 1 is 1.05 bits per heavy atom. The highest BCUT2D eigenvalue weighted by Gasteiger charge is 1.93. The summed E-state index contributed by atoms with van der Waals surface area (Å²) in [5.74, 6) is -0.274. The average molecular weight is 273 g/mol. The van der Waals surface area contributed by atoms with Crippen molar-refractivity contribution < 1.29 is 4.39 Å². The molecular formula is C14H12FN3S. The van der Waals surface area contributed by atoms with Gasteiger partial charge in [0.05, 0.1) is 5.69 Å². The van der Waals surface area contributed by atoms with Crippen LogP contribution in [-0.2, 0) is 0 Å². The summed E-state index contributed by atoms with van der Waals surface area (Å²) >= 11 is 5.03. The molecular weight excluding hydrogens is 261 g/mol. The van der Waals surface area contributed by atoms with Gasteiger partial charge in [0.2, 0.25) is 5.11 Å². The summed E-state index contributed by atoms with van der Waals surface area (Å²) in [6, 6.07) is 15.6. The maximum atomic E-state index is 12.7. The standard InChI is InChI=1S/C14H12FN3S/c15-12-8-6-11(7-9-12)10-16-14(19)18-17-13-4-2-1-3-5-13/h1-10,17H,(H,18,19). The van der Waals surface area contributed by atoms with Crippen molar-refractivity contribution in [2.24, 2.45) is 4.99 Å². The number of benzene rings is 2. The molecule has 2 N–H and O–H groups in total. The predicted octanol–water partition coefficient (Wildman–Crippen LogP) is 3.15. The molecule has 0 fully saturated rings. The molecule has 5 heteroatoms. The Morgan fingerprint density at radius 2 is 1.74 bits per heavy atom. The minimum atomic E-state index is -0.274. The molecule has 0 aromatic heterocycles. The van der Waals surface area contributed by atoms with Crippen LogP contribution in [0.2, 0.25) is 0 Å². The molecule has 96 valence electrons. The highest BCUT2D eigenvalue weighted by Crippen LogP contribution is 2.03. The lowest BCUT2D eigenvalue weighted by Gasteiger charge is -2.06. The van der Waals surface area contributed by atoms with Crippen LogP contribution in [0.1, 0.15) is 5.56 Å². The number of hydrogen-bond acceptors (Lipinski definition) is 2. The van der Waals surface area contributed by atoms with Crippen LogP contribution >= 0.6 is 12.2 Å². The fourth-order valence-electron chi connectivity index (χ4n) is 1.36. The minimum absolute atomic E-state index is 0.274. The summed E-state index contributed by atoms with van der Waals surface area (Å²) in [7, 11) is 0. The highest BCUT2D eigenvalue weighted by atomic mass is 32.1. The van der Waals surface area contributed by atoms with E-state index in [9.17, 15) is 4.39 Å². The summed E-state index contributed by atoms with van der Waals surface area (Å²) in [5, 5.41) is 0.299. The average Bonchev–Trinajstić information content (AvgIpc) is 2.45. The third kappa shape index (κ3) is 4.48. The van der Waals surface area contributed by atoms with E-state index in [1.165, 1.54) is 12.1 Å². The highest BCUT2D eigenvalue weighted by molar-refractivity contribution is 7.80. The lowest BCUT2D eigenvalue weighted by molar-refractivity contribution is 0.628. The smallest absolute Gasteiger partial charge is 0.211 e. The number of hydrogen-bond donors (Lipinski definition) is 2. The summed E-state index contributed by atoms with van der Waals surface area (Å²) in [4.78, 5) is 4.05. The van der Waals surface area contributed by atoms with Crippen molar-refractivity contribution >= 4 is 29.2 Å². The second-order valence-electron chi connectivity index (χ2n) is 3.73. The third-order valence-electron chi connectivity index (χ3n) is 2.29. The van der Waals surface area contributed by atoms with E-state index in [-0.39, 0.29) is 5.82 Å². The SMILES string of the molecule is Fc1ccc(C=NC(=S)NNc2ccccc2)cc1. The minimum Gasteiger partial charge on any atom is -0.299 e. The molecule has 0 radical (unpaired) electrons. The van der Waals surface area contributed by atoms with E-state index in [0.717, 1.165) is 11.3 Å². The molecule has 0 saturated heterocycles. The molecule has 0 bridgehead atoms. The lowest BCUT2D eigenvalue weighted by atomic mass is 10.2. The number of nitrogens with one attached hydrogen (secondary N) is 2. The molecule has 0 unspecified atom stereocenters. The van der Waals surface area contributed by atoms with Gasteiger partial charge in [0.25, 0.3) is 0 Å². The zero-order valence-corrected chi connectivity index (χ0v) is 10.8. The normalized spacial score (nSPS) is 10.4. The van der Waals surface area contributed by atoms with Crippen LogP contribution in [0, 0.1) is 5.82 Å². The Kier molecular flexibility index (Phi) is 4.58. The summed E-state index contributed by atoms with van der Waals surface area (Å²) in [5.41, 5.74) is 7.39. The molecule has 2 rings (SSSR count). The second-order valence-corrected chi connectivity index (χ2v) is 4.12. The molecule has 0 aliphatic rings. The molecule has 0 saturated carbocycles. The number of rotatable bonds is 3. The Morgan fingerprint density at radius 3 is 2.42 bits per heavy atom. The number of hydrazine groups is 1. The van der Waals surface area contributed by atoms with Crippen LogP contribution in [0.5, 0.6) is 0 Å². The number of halogens is 1. The van der Waals surface area contributed by atoms with Gasteiger partial charge in [-0.25, -0.2) is 9.38 Å². The lowest BCUT2D eigenvalue weighted by Crippen LogP contribution is -2.26. The maximum Gasteiger partial charge on any atom is 0.211 e. The molecule has 0 heterocycles.